The summed E-state index contributed by atoms with van der Waals surface area (Å²) >= 11 is 0. The van der Waals surface area contributed by atoms with E-state index in [2.05, 4.69) is 23.8 Å². The second-order valence-corrected chi connectivity index (χ2v) is 5.36. The maximum atomic E-state index is 13.3. The first kappa shape index (κ1) is 13.5. The summed E-state index contributed by atoms with van der Waals surface area (Å²) in [6.45, 7) is 4.15. The summed E-state index contributed by atoms with van der Waals surface area (Å²) < 4.78 is 13.3. The summed E-state index contributed by atoms with van der Waals surface area (Å²) in [6.07, 6.45) is 0. The Balaban J connectivity index is 2.20. The fourth-order valence-electron chi connectivity index (χ4n) is 2.29. The molecule has 0 aliphatic carbocycles. The lowest BCUT2D eigenvalue weighted by Gasteiger charge is -2.07. The molecular weight excluding hydrogens is 267 g/mol. The second kappa shape index (κ2) is 5.13. The van der Waals surface area contributed by atoms with E-state index in [0.717, 1.165) is 5.56 Å². The Morgan fingerprint density at radius 3 is 2.67 bits per heavy atom. The zero-order valence-electron chi connectivity index (χ0n) is 11.9. The molecule has 3 nitrogen and oxygen atoms in total. The summed E-state index contributed by atoms with van der Waals surface area (Å²) in [4.78, 5) is 19.4. The molecule has 1 heterocycles. The van der Waals surface area contributed by atoms with Gasteiger partial charge in [0.2, 0.25) is 0 Å². The Morgan fingerprint density at radius 1 is 1.14 bits per heavy atom. The van der Waals surface area contributed by atoms with Crippen LogP contribution in [0.1, 0.15) is 25.3 Å². The molecule has 0 aliphatic rings. The number of fused-ring (bicyclic) bond motifs is 1. The zero-order chi connectivity index (χ0) is 15.0. The van der Waals surface area contributed by atoms with E-state index in [-0.39, 0.29) is 11.4 Å². The Morgan fingerprint density at radius 2 is 1.95 bits per heavy atom. The van der Waals surface area contributed by atoms with Gasteiger partial charge in [-0.05, 0) is 35.7 Å². The van der Waals surface area contributed by atoms with Crippen molar-refractivity contribution in [2.75, 3.05) is 0 Å². The zero-order valence-corrected chi connectivity index (χ0v) is 11.9. The molecule has 2 aromatic carbocycles. The predicted octanol–water partition coefficient (Wildman–Crippen LogP) is 3.85. The molecule has 0 atom stereocenters. The maximum absolute atomic E-state index is 13.3. The highest BCUT2D eigenvalue weighted by Gasteiger charge is 2.08. The van der Waals surface area contributed by atoms with Crippen LogP contribution in [0, 0.1) is 5.82 Å². The van der Waals surface area contributed by atoms with Gasteiger partial charge >= 0.3 is 0 Å². The van der Waals surface area contributed by atoms with E-state index < -0.39 is 0 Å². The molecule has 106 valence electrons. The molecule has 0 aliphatic heterocycles. The van der Waals surface area contributed by atoms with Crippen LogP contribution in [-0.4, -0.2) is 9.97 Å². The van der Waals surface area contributed by atoms with E-state index in [0.29, 0.717) is 28.2 Å². The number of H-pyrrole nitrogens is 1. The molecule has 0 amide bonds. The van der Waals surface area contributed by atoms with Crippen molar-refractivity contribution in [1.82, 2.24) is 9.97 Å². The Bertz CT molecular complexity index is 868. The summed E-state index contributed by atoms with van der Waals surface area (Å²) in [5.74, 6) is 0.367. The Kier molecular flexibility index (Phi) is 3.29. The first-order valence-electron chi connectivity index (χ1n) is 6.84. The standard InChI is InChI=1S/C17H15FN2O/c1-10(2)11-6-7-15-14(9-11)17(21)20-16(19-15)12-4-3-5-13(18)8-12/h3-10H,1-2H3,(H,19,20,21). The van der Waals surface area contributed by atoms with Crippen molar-refractivity contribution < 1.29 is 4.39 Å². The number of rotatable bonds is 2. The van der Waals surface area contributed by atoms with Crippen LogP contribution in [0.15, 0.2) is 47.3 Å². The lowest BCUT2D eigenvalue weighted by Crippen LogP contribution is -2.10. The van der Waals surface area contributed by atoms with Crippen molar-refractivity contribution in [3.05, 3.63) is 64.2 Å². The molecule has 0 bridgehead atoms. The van der Waals surface area contributed by atoms with E-state index >= 15 is 0 Å². The van der Waals surface area contributed by atoms with Gasteiger partial charge in [-0.15, -0.1) is 0 Å². The number of aromatic amines is 1. The number of hydrogen-bond acceptors (Lipinski definition) is 2. The van der Waals surface area contributed by atoms with Crippen LogP contribution in [0.5, 0.6) is 0 Å². The largest absolute Gasteiger partial charge is 0.306 e. The van der Waals surface area contributed by atoms with E-state index in [1.165, 1.54) is 12.1 Å². The SMILES string of the molecule is CC(C)c1ccc2nc(-c3cccc(F)c3)[nH]c(=O)c2c1. The van der Waals surface area contributed by atoms with E-state index in [4.69, 9.17) is 0 Å². The van der Waals surface area contributed by atoms with Crippen molar-refractivity contribution in [2.45, 2.75) is 19.8 Å². The topological polar surface area (TPSA) is 45.8 Å². The molecule has 0 saturated heterocycles. The molecule has 0 fully saturated rings. The number of benzene rings is 2. The van der Waals surface area contributed by atoms with Crippen molar-refractivity contribution in [3.63, 3.8) is 0 Å². The molecule has 0 saturated carbocycles. The minimum absolute atomic E-state index is 0.207. The number of nitrogens with one attached hydrogen (secondary N) is 1. The van der Waals surface area contributed by atoms with Crippen molar-refractivity contribution in [3.8, 4) is 11.4 Å². The molecule has 1 aromatic heterocycles. The normalized spacial score (nSPS) is 11.2. The number of hydrogen-bond donors (Lipinski definition) is 1. The highest BCUT2D eigenvalue weighted by molar-refractivity contribution is 5.80. The van der Waals surface area contributed by atoms with Gasteiger partial charge in [-0.1, -0.05) is 32.0 Å². The molecular formula is C17H15FN2O. The molecule has 0 spiro atoms. The third kappa shape index (κ3) is 2.57. The van der Waals surface area contributed by atoms with Crippen LogP contribution in [-0.2, 0) is 0 Å². The predicted molar refractivity (Wildman–Crippen MR) is 81.8 cm³/mol. The van der Waals surface area contributed by atoms with E-state index in [9.17, 15) is 9.18 Å². The van der Waals surface area contributed by atoms with Gasteiger partial charge < -0.3 is 4.98 Å². The second-order valence-electron chi connectivity index (χ2n) is 5.36. The van der Waals surface area contributed by atoms with Gasteiger partial charge in [0, 0.05) is 5.56 Å². The summed E-state index contributed by atoms with van der Waals surface area (Å²) in [5.41, 5.74) is 2.06. The number of halogens is 1. The van der Waals surface area contributed by atoms with Crippen LogP contribution in [0.4, 0.5) is 4.39 Å². The van der Waals surface area contributed by atoms with E-state index in [1.807, 2.05) is 18.2 Å². The minimum atomic E-state index is -0.356. The quantitative estimate of drug-likeness (QED) is 0.776. The van der Waals surface area contributed by atoms with Crippen LogP contribution < -0.4 is 5.56 Å². The minimum Gasteiger partial charge on any atom is -0.306 e. The average molecular weight is 282 g/mol. The lowest BCUT2D eigenvalue weighted by molar-refractivity contribution is 0.628. The van der Waals surface area contributed by atoms with Crippen LogP contribution >= 0.6 is 0 Å². The number of nitrogens with zero attached hydrogens (tertiary/aromatic N) is 1. The first-order valence-corrected chi connectivity index (χ1v) is 6.84. The highest BCUT2D eigenvalue weighted by atomic mass is 19.1. The first-order chi connectivity index (χ1) is 10.0. The molecule has 4 heteroatoms. The van der Waals surface area contributed by atoms with Gasteiger partial charge in [0.05, 0.1) is 10.9 Å². The Hall–Kier alpha value is -2.49. The fraction of sp³-hybridized carbons (Fsp3) is 0.176. The summed E-state index contributed by atoms with van der Waals surface area (Å²) in [7, 11) is 0. The van der Waals surface area contributed by atoms with Gasteiger partial charge in [0.15, 0.2) is 0 Å². The monoisotopic (exact) mass is 282 g/mol. The van der Waals surface area contributed by atoms with E-state index in [1.54, 1.807) is 12.1 Å². The number of aromatic nitrogens is 2. The summed E-state index contributed by atoms with van der Waals surface area (Å²) in [5, 5.41) is 0.557. The third-order valence-electron chi connectivity index (χ3n) is 3.49. The molecule has 21 heavy (non-hydrogen) atoms. The highest BCUT2D eigenvalue weighted by Crippen LogP contribution is 2.20. The van der Waals surface area contributed by atoms with Gasteiger partial charge in [-0.3, -0.25) is 4.79 Å². The fourth-order valence-corrected chi connectivity index (χ4v) is 2.29. The smallest absolute Gasteiger partial charge is 0.259 e. The molecule has 1 N–H and O–H groups in total. The molecule has 0 unspecified atom stereocenters. The summed E-state index contributed by atoms with van der Waals surface area (Å²) in [6, 6.07) is 11.7. The van der Waals surface area contributed by atoms with Gasteiger partial charge in [-0.25, -0.2) is 9.37 Å². The molecule has 3 rings (SSSR count). The van der Waals surface area contributed by atoms with Gasteiger partial charge in [-0.2, -0.15) is 0 Å². The van der Waals surface area contributed by atoms with Crippen molar-refractivity contribution in [1.29, 1.82) is 0 Å². The van der Waals surface area contributed by atoms with Crippen LogP contribution in [0.25, 0.3) is 22.3 Å². The molecule has 3 aromatic rings. The van der Waals surface area contributed by atoms with Gasteiger partial charge in [0.1, 0.15) is 11.6 Å². The third-order valence-corrected chi connectivity index (χ3v) is 3.49. The molecule has 0 radical (unpaired) electrons. The maximum Gasteiger partial charge on any atom is 0.259 e. The Labute approximate surface area is 121 Å². The average Bonchev–Trinajstić information content (AvgIpc) is 2.46. The van der Waals surface area contributed by atoms with Crippen molar-refractivity contribution >= 4 is 10.9 Å². The van der Waals surface area contributed by atoms with Crippen LogP contribution in [0.3, 0.4) is 0 Å². The van der Waals surface area contributed by atoms with Crippen LogP contribution in [0.2, 0.25) is 0 Å². The lowest BCUT2D eigenvalue weighted by atomic mass is 10.0. The van der Waals surface area contributed by atoms with Crippen molar-refractivity contribution in [2.24, 2.45) is 0 Å². The van der Waals surface area contributed by atoms with Gasteiger partial charge in [0.25, 0.3) is 5.56 Å².